The van der Waals surface area contributed by atoms with E-state index < -0.39 is 0 Å². The number of hydrogen-bond donors (Lipinski definition) is 1. The Labute approximate surface area is 126 Å². The Balaban J connectivity index is 0. The van der Waals surface area contributed by atoms with Crippen LogP contribution < -0.4 is 109 Å². The minimum absolute atomic E-state index is 0. The van der Waals surface area contributed by atoms with Gasteiger partial charge >= 0.3 is 103 Å². The van der Waals surface area contributed by atoms with Gasteiger partial charge in [0, 0.05) is 0 Å². The smallest absolute Gasteiger partial charge is 1.00 e. The van der Waals surface area contributed by atoms with E-state index in [1.165, 1.54) is 0 Å². The first kappa shape index (κ1) is 39.2. The van der Waals surface area contributed by atoms with Gasteiger partial charge in [0.1, 0.15) is 0 Å². The molecule has 0 amide bonds. The fourth-order valence-electron chi connectivity index (χ4n) is 0. The molecule has 2 nitrogen and oxygen atoms in total. The van der Waals surface area contributed by atoms with Crippen LogP contribution in [0.2, 0.25) is 0 Å². The van der Waals surface area contributed by atoms with Crippen LogP contribution >= 0.6 is 12.4 Å². The van der Waals surface area contributed by atoms with Crippen LogP contribution in [0.3, 0.4) is 0 Å². The average molecular weight is 152 g/mol. The maximum atomic E-state index is 0. The molecule has 0 spiro atoms. The van der Waals surface area contributed by atoms with Gasteiger partial charge in [0.2, 0.25) is 0 Å². The van der Waals surface area contributed by atoms with Crippen molar-refractivity contribution in [2.24, 2.45) is 0 Å². The predicted octanol–water partition coefficient (Wildman–Crippen LogP) is -6.01. The first-order chi connectivity index (χ1) is 0. The fourth-order valence-corrected chi connectivity index (χ4v) is 0. The van der Waals surface area contributed by atoms with Crippen molar-refractivity contribution in [1.29, 1.82) is 0 Å². The normalized spacial score (nSPS) is 0. The third-order valence-corrected chi connectivity index (χ3v) is 0. The number of halogens is 1. The molecular formula is H8ClK2NO. The Kier molecular flexibility index (Phi) is 203. The molecule has 28 valence electrons. The summed E-state index contributed by atoms with van der Waals surface area (Å²) >= 11 is 0. The summed E-state index contributed by atoms with van der Waals surface area (Å²) in [4.78, 5) is 0. The van der Waals surface area contributed by atoms with Crippen molar-refractivity contribution in [3.05, 3.63) is 0 Å². The Morgan fingerprint density at radius 3 is 1.00 bits per heavy atom. The molecule has 0 saturated heterocycles. The van der Waals surface area contributed by atoms with E-state index in [-0.39, 0.29) is 130 Å². The van der Waals surface area contributed by atoms with E-state index in [1.54, 1.807) is 0 Å². The van der Waals surface area contributed by atoms with E-state index in [9.17, 15) is 0 Å². The summed E-state index contributed by atoms with van der Waals surface area (Å²) in [5, 5.41) is 0. The Morgan fingerprint density at radius 2 is 1.00 bits per heavy atom. The van der Waals surface area contributed by atoms with Gasteiger partial charge < -0.3 is 14.5 Å². The van der Waals surface area contributed by atoms with E-state index in [4.69, 9.17) is 0 Å². The molecule has 0 aromatic carbocycles. The third-order valence-electron chi connectivity index (χ3n) is 0. The molecule has 5 N–H and O–H groups in total. The van der Waals surface area contributed by atoms with Gasteiger partial charge in [0.15, 0.2) is 0 Å². The van der Waals surface area contributed by atoms with Crippen LogP contribution in [0.5, 0.6) is 0 Å². The molecule has 0 aromatic rings. The zero-order valence-electron chi connectivity index (χ0n) is 5.62. The topological polar surface area (TPSA) is 66.5 Å². The molecular weight excluding hydrogens is 144 g/mol. The van der Waals surface area contributed by atoms with E-state index >= 15 is 0 Å². The second-order valence-corrected chi connectivity index (χ2v) is 0. The Hall–Kier alpha value is 3.48. The minimum Gasteiger partial charge on any atom is -1.00 e. The van der Waals surface area contributed by atoms with Gasteiger partial charge in [-0.25, -0.2) is 0 Å². The van der Waals surface area contributed by atoms with Crippen LogP contribution in [-0.4, -0.2) is 5.48 Å². The van der Waals surface area contributed by atoms with Crippen molar-refractivity contribution in [1.82, 2.24) is 6.15 Å². The Morgan fingerprint density at radius 1 is 1.00 bits per heavy atom. The standard InChI is InChI=1S/ClH.2K.H3N.H2O.2H/h1H;;;1H3;1H2;;/q;2*+1;;;2*-1. The summed E-state index contributed by atoms with van der Waals surface area (Å²) in [6, 6.07) is 0. The van der Waals surface area contributed by atoms with Gasteiger partial charge in [0.25, 0.3) is 0 Å². The molecule has 0 aromatic heterocycles. The summed E-state index contributed by atoms with van der Waals surface area (Å²) in [6.07, 6.45) is 0. The molecule has 0 rings (SSSR count). The van der Waals surface area contributed by atoms with Crippen LogP contribution in [0.25, 0.3) is 0 Å². The van der Waals surface area contributed by atoms with E-state index in [0.717, 1.165) is 0 Å². The zero-order valence-corrected chi connectivity index (χ0v) is 10.7. The molecule has 0 atom stereocenters. The molecule has 0 aliphatic heterocycles. The molecule has 0 radical (unpaired) electrons. The number of rotatable bonds is 0. The van der Waals surface area contributed by atoms with Crippen molar-refractivity contribution in [3.63, 3.8) is 0 Å². The monoisotopic (exact) mass is 151 g/mol. The van der Waals surface area contributed by atoms with E-state index in [2.05, 4.69) is 0 Å². The van der Waals surface area contributed by atoms with Crippen molar-refractivity contribution in [2.45, 2.75) is 0 Å². The van der Waals surface area contributed by atoms with Gasteiger partial charge in [-0.3, -0.25) is 0 Å². The first-order valence-corrected chi connectivity index (χ1v) is 0. The summed E-state index contributed by atoms with van der Waals surface area (Å²) in [7, 11) is 0. The van der Waals surface area contributed by atoms with Gasteiger partial charge in [-0.2, -0.15) is 0 Å². The zero-order chi connectivity index (χ0) is 0. The molecule has 0 aliphatic rings. The number of hydrogen-bond acceptors (Lipinski definition) is 1. The molecule has 0 fully saturated rings. The SMILES string of the molecule is Cl.N.O.[H-].[H-].[K+].[K+]. The largest absolute Gasteiger partial charge is 1.00 e. The van der Waals surface area contributed by atoms with Crippen molar-refractivity contribution < 1.29 is 111 Å². The predicted molar refractivity (Wildman–Crippen MR) is 18.1 cm³/mol. The molecule has 0 aliphatic carbocycles. The van der Waals surface area contributed by atoms with E-state index in [1.807, 2.05) is 0 Å². The minimum atomic E-state index is 0. The summed E-state index contributed by atoms with van der Waals surface area (Å²) in [5.41, 5.74) is 0. The van der Waals surface area contributed by atoms with Crippen molar-refractivity contribution in [2.75, 3.05) is 0 Å². The van der Waals surface area contributed by atoms with Gasteiger partial charge in [0.05, 0.1) is 0 Å². The fraction of sp³-hybridized carbons (Fsp3) is 0. The van der Waals surface area contributed by atoms with Gasteiger partial charge in [-0.1, -0.05) is 0 Å². The first-order valence-electron chi connectivity index (χ1n) is 0. The maximum absolute atomic E-state index is 0. The van der Waals surface area contributed by atoms with Crippen LogP contribution in [0.15, 0.2) is 0 Å². The molecule has 0 unspecified atom stereocenters. The van der Waals surface area contributed by atoms with Crippen molar-refractivity contribution in [3.8, 4) is 0 Å². The van der Waals surface area contributed by atoms with Crippen LogP contribution in [0, 0.1) is 0 Å². The Bertz CT molecular complexity index is 15.7. The van der Waals surface area contributed by atoms with Gasteiger partial charge in [-0.15, -0.1) is 12.4 Å². The summed E-state index contributed by atoms with van der Waals surface area (Å²) < 4.78 is 0. The molecule has 0 heterocycles. The van der Waals surface area contributed by atoms with Crippen LogP contribution in [-0.2, 0) is 0 Å². The summed E-state index contributed by atoms with van der Waals surface area (Å²) in [5.74, 6) is 0. The van der Waals surface area contributed by atoms with Crippen LogP contribution in [0.4, 0.5) is 0 Å². The van der Waals surface area contributed by atoms with Crippen LogP contribution in [0.1, 0.15) is 2.85 Å². The second kappa shape index (κ2) is 25.9. The molecule has 0 bridgehead atoms. The quantitative estimate of drug-likeness (QED) is 0.345. The third kappa shape index (κ3) is 18.5. The maximum Gasteiger partial charge on any atom is 1.00 e. The molecule has 5 heteroatoms. The van der Waals surface area contributed by atoms with E-state index in [0.29, 0.717) is 0 Å². The molecule has 5 heavy (non-hydrogen) atoms. The average Bonchev–Trinajstić information content (AvgIpc) is 0. The second-order valence-electron chi connectivity index (χ2n) is 0. The van der Waals surface area contributed by atoms with Gasteiger partial charge in [-0.05, 0) is 0 Å². The molecule has 0 saturated carbocycles. The summed E-state index contributed by atoms with van der Waals surface area (Å²) in [6.45, 7) is 0. The van der Waals surface area contributed by atoms with Crippen molar-refractivity contribution >= 4 is 12.4 Å².